The Morgan fingerprint density at radius 1 is 1.62 bits per heavy atom. The van der Waals surface area contributed by atoms with Gasteiger partial charge in [0.25, 0.3) is 5.69 Å². The van der Waals surface area contributed by atoms with Crippen LogP contribution in [0, 0.1) is 10.1 Å². The second kappa shape index (κ2) is 3.91. The maximum absolute atomic E-state index is 10.3. The minimum atomic E-state index is -0.524. The van der Waals surface area contributed by atoms with E-state index in [1.165, 1.54) is 24.5 Å². The van der Waals surface area contributed by atoms with Crippen molar-refractivity contribution in [2.45, 2.75) is 0 Å². The Morgan fingerprint density at radius 2 is 2.31 bits per heavy atom. The van der Waals surface area contributed by atoms with Crippen LogP contribution >= 0.6 is 11.6 Å². The summed E-state index contributed by atoms with van der Waals surface area (Å²) in [5, 5.41) is 10.5. The van der Waals surface area contributed by atoms with Gasteiger partial charge >= 0.3 is 0 Å². The summed E-state index contributed by atoms with van der Waals surface area (Å²) in [7, 11) is 0. The molecule has 1 rings (SSSR count). The first kappa shape index (κ1) is 9.54. The van der Waals surface area contributed by atoms with E-state index in [0.717, 1.165) is 0 Å². The Bertz CT molecular complexity index is 351. The summed E-state index contributed by atoms with van der Waals surface area (Å²) < 4.78 is 4.88. The van der Waals surface area contributed by atoms with Crippen LogP contribution < -0.4 is 4.74 Å². The van der Waals surface area contributed by atoms with Crippen LogP contribution in [-0.4, -0.2) is 4.92 Å². The Kier molecular flexibility index (Phi) is 2.87. The molecular formula is C8H6ClNO3. The molecule has 0 atom stereocenters. The van der Waals surface area contributed by atoms with Gasteiger partial charge in [0.05, 0.1) is 16.2 Å². The van der Waals surface area contributed by atoms with Crippen LogP contribution in [0.25, 0.3) is 0 Å². The van der Waals surface area contributed by atoms with Crippen LogP contribution in [0.2, 0.25) is 5.02 Å². The van der Waals surface area contributed by atoms with Crippen LogP contribution in [0.5, 0.6) is 5.75 Å². The number of halogens is 1. The highest BCUT2D eigenvalue weighted by molar-refractivity contribution is 6.32. The molecule has 0 unspecified atom stereocenters. The number of hydrogen-bond acceptors (Lipinski definition) is 3. The van der Waals surface area contributed by atoms with E-state index in [0.29, 0.717) is 5.75 Å². The van der Waals surface area contributed by atoms with Gasteiger partial charge in [-0.1, -0.05) is 18.2 Å². The standard InChI is InChI=1S/C8H6ClNO3/c1-2-13-8-4-3-6(10(11)12)5-7(8)9/h2-5H,1H2. The maximum atomic E-state index is 10.3. The Hall–Kier alpha value is -1.55. The smallest absolute Gasteiger partial charge is 0.271 e. The van der Waals surface area contributed by atoms with Gasteiger partial charge in [0.2, 0.25) is 0 Å². The quantitative estimate of drug-likeness (QED) is 0.427. The van der Waals surface area contributed by atoms with Crippen LogP contribution in [-0.2, 0) is 0 Å². The molecule has 0 N–H and O–H groups in total. The van der Waals surface area contributed by atoms with E-state index in [9.17, 15) is 10.1 Å². The second-order valence-electron chi connectivity index (χ2n) is 2.16. The van der Waals surface area contributed by atoms with Crippen LogP contribution in [0.1, 0.15) is 0 Å². The van der Waals surface area contributed by atoms with Crippen molar-refractivity contribution in [1.82, 2.24) is 0 Å². The Morgan fingerprint density at radius 3 is 2.77 bits per heavy atom. The molecule has 0 spiro atoms. The highest BCUT2D eigenvalue weighted by atomic mass is 35.5. The van der Waals surface area contributed by atoms with E-state index in [-0.39, 0.29) is 10.7 Å². The van der Waals surface area contributed by atoms with Gasteiger partial charge in [-0.25, -0.2) is 0 Å². The normalized spacial score (nSPS) is 9.31. The number of hydrogen-bond donors (Lipinski definition) is 0. The fourth-order valence-corrected chi connectivity index (χ4v) is 1.01. The summed E-state index contributed by atoms with van der Waals surface area (Å²) in [6, 6.07) is 3.95. The molecule has 0 heterocycles. The highest BCUT2D eigenvalue weighted by Crippen LogP contribution is 2.28. The van der Waals surface area contributed by atoms with Gasteiger partial charge in [-0.15, -0.1) is 0 Å². The zero-order valence-corrected chi connectivity index (χ0v) is 7.32. The van der Waals surface area contributed by atoms with E-state index >= 15 is 0 Å². The third-order valence-corrected chi connectivity index (χ3v) is 1.63. The summed E-state index contributed by atoms with van der Waals surface area (Å²) in [6.07, 6.45) is 1.20. The molecule has 0 amide bonds. The van der Waals surface area contributed by atoms with Gasteiger partial charge in [-0.05, 0) is 6.07 Å². The largest absolute Gasteiger partial charge is 0.464 e. The molecule has 0 aromatic heterocycles. The molecule has 5 heteroatoms. The monoisotopic (exact) mass is 199 g/mol. The molecule has 0 radical (unpaired) electrons. The number of benzene rings is 1. The summed E-state index contributed by atoms with van der Waals surface area (Å²) in [6.45, 7) is 3.34. The van der Waals surface area contributed by atoms with E-state index < -0.39 is 4.92 Å². The lowest BCUT2D eigenvalue weighted by molar-refractivity contribution is -0.384. The molecule has 0 aliphatic heterocycles. The zero-order chi connectivity index (χ0) is 9.84. The first-order chi connectivity index (χ1) is 6.15. The Labute approximate surface area is 79.5 Å². The molecule has 0 fully saturated rings. The van der Waals surface area contributed by atoms with Gasteiger partial charge < -0.3 is 4.74 Å². The molecule has 0 aliphatic carbocycles. The number of rotatable bonds is 3. The molecule has 68 valence electrons. The molecule has 0 aliphatic rings. The van der Waals surface area contributed by atoms with Crippen LogP contribution in [0.3, 0.4) is 0 Å². The molecule has 1 aromatic rings. The Balaban J connectivity index is 3.04. The fraction of sp³-hybridized carbons (Fsp3) is 0. The first-order valence-corrected chi connectivity index (χ1v) is 3.74. The topological polar surface area (TPSA) is 52.4 Å². The van der Waals surface area contributed by atoms with Crippen molar-refractivity contribution in [3.05, 3.63) is 46.2 Å². The van der Waals surface area contributed by atoms with Gasteiger partial charge in [0.1, 0.15) is 5.75 Å². The molecule has 4 nitrogen and oxygen atoms in total. The lowest BCUT2D eigenvalue weighted by atomic mass is 10.3. The van der Waals surface area contributed by atoms with Crippen molar-refractivity contribution in [2.75, 3.05) is 0 Å². The lowest BCUT2D eigenvalue weighted by Crippen LogP contribution is -1.88. The maximum Gasteiger partial charge on any atom is 0.271 e. The molecule has 0 saturated heterocycles. The third-order valence-electron chi connectivity index (χ3n) is 1.34. The molecular weight excluding hydrogens is 194 g/mol. The van der Waals surface area contributed by atoms with E-state index in [1.807, 2.05) is 0 Å². The summed E-state index contributed by atoms with van der Waals surface area (Å²) >= 11 is 5.68. The second-order valence-corrected chi connectivity index (χ2v) is 2.56. The van der Waals surface area contributed by atoms with Gasteiger partial charge in [-0.2, -0.15) is 0 Å². The van der Waals surface area contributed by atoms with Crippen LogP contribution in [0.15, 0.2) is 31.0 Å². The van der Waals surface area contributed by atoms with Crippen molar-refractivity contribution in [2.24, 2.45) is 0 Å². The van der Waals surface area contributed by atoms with Crippen molar-refractivity contribution < 1.29 is 9.66 Å². The van der Waals surface area contributed by atoms with E-state index in [1.54, 1.807) is 0 Å². The van der Waals surface area contributed by atoms with Crippen molar-refractivity contribution >= 4 is 17.3 Å². The molecule has 0 bridgehead atoms. The van der Waals surface area contributed by atoms with Crippen molar-refractivity contribution in [1.29, 1.82) is 0 Å². The van der Waals surface area contributed by atoms with Crippen molar-refractivity contribution in [3.8, 4) is 5.75 Å². The fourth-order valence-electron chi connectivity index (χ4n) is 0.789. The minimum absolute atomic E-state index is 0.0681. The van der Waals surface area contributed by atoms with Gasteiger partial charge in [0.15, 0.2) is 0 Å². The molecule has 1 aromatic carbocycles. The summed E-state index contributed by atoms with van der Waals surface area (Å²) in [5.74, 6) is 0.349. The van der Waals surface area contributed by atoms with Gasteiger partial charge in [0, 0.05) is 12.1 Å². The lowest BCUT2D eigenvalue weighted by Gasteiger charge is -2.01. The minimum Gasteiger partial charge on any atom is -0.464 e. The van der Waals surface area contributed by atoms with Crippen LogP contribution in [0.4, 0.5) is 5.69 Å². The van der Waals surface area contributed by atoms with Crippen molar-refractivity contribution in [3.63, 3.8) is 0 Å². The number of nitro groups is 1. The average molecular weight is 200 g/mol. The predicted molar refractivity (Wildman–Crippen MR) is 48.9 cm³/mol. The predicted octanol–water partition coefficient (Wildman–Crippen LogP) is 2.77. The number of nitrogens with zero attached hydrogens (tertiary/aromatic N) is 1. The molecule has 0 saturated carbocycles. The molecule has 13 heavy (non-hydrogen) atoms. The number of nitro benzene ring substituents is 1. The van der Waals surface area contributed by atoms with Gasteiger partial charge in [-0.3, -0.25) is 10.1 Å². The SMILES string of the molecule is C=COc1ccc([N+](=O)[O-])cc1Cl. The summed E-state index contributed by atoms with van der Waals surface area (Å²) in [5.41, 5.74) is -0.0681. The third kappa shape index (κ3) is 2.19. The van der Waals surface area contributed by atoms with E-state index in [2.05, 4.69) is 6.58 Å². The first-order valence-electron chi connectivity index (χ1n) is 3.36. The average Bonchev–Trinajstić information content (AvgIpc) is 2.08. The highest BCUT2D eigenvalue weighted by Gasteiger charge is 2.09. The van der Waals surface area contributed by atoms with E-state index in [4.69, 9.17) is 16.3 Å². The zero-order valence-electron chi connectivity index (χ0n) is 6.57. The summed E-state index contributed by atoms with van der Waals surface area (Å²) in [4.78, 5) is 9.78. The number of non-ortho nitro benzene ring substituents is 1. The number of ether oxygens (including phenoxy) is 1.